The average molecular weight is 162 g/mol. The van der Waals surface area contributed by atoms with Crippen LogP contribution in [0, 0.1) is 29.6 Å². The van der Waals surface area contributed by atoms with Crippen molar-refractivity contribution in [3.8, 4) is 18.4 Å². The summed E-state index contributed by atoms with van der Waals surface area (Å²) in [6.45, 7) is 0.586. The Hall–Kier alpha value is -0.990. The molecule has 0 aromatic rings. The third-order valence-corrected chi connectivity index (χ3v) is 2.40. The van der Waals surface area contributed by atoms with Gasteiger partial charge in [-0.05, 0) is 12.8 Å². The maximum Gasteiger partial charge on any atom is 0.0672 e. The van der Waals surface area contributed by atoms with E-state index in [9.17, 15) is 0 Å². The molecule has 64 valence electrons. The summed E-state index contributed by atoms with van der Waals surface area (Å²) in [4.78, 5) is 0. The first-order valence-corrected chi connectivity index (χ1v) is 4.45. The zero-order chi connectivity index (χ0) is 8.81. The van der Waals surface area contributed by atoms with Crippen molar-refractivity contribution in [2.45, 2.75) is 31.7 Å². The van der Waals surface area contributed by atoms with Gasteiger partial charge in [-0.1, -0.05) is 18.8 Å². The zero-order valence-corrected chi connectivity index (χ0v) is 7.21. The minimum absolute atomic E-state index is 0.173. The third-order valence-electron chi connectivity index (χ3n) is 2.40. The molecule has 1 fully saturated rings. The van der Waals surface area contributed by atoms with Crippen LogP contribution in [0.15, 0.2) is 0 Å². The highest BCUT2D eigenvalue weighted by Gasteiger charge is 2.23. The van der Waals surface area contributed by atoms with Crippen molar-refractivity contribution < 1.29 is 0 Å². The summed E-state index contributed by atoms with van der Waals surface area (Å²) in [6.07, 6.45) is 9.67. The van der Waals surface area contributed by atoms with Crippen LogP contribution in [-0.4, -0.2) is 12.6 Å². The van der Waals surface area contributed by atoms with Crippen LogP contribution in [0.5, 0.6) is 0 Å². The molecule has 0 heterocycles. The van der Waals surface area contributed by atoms with Crippen LogP contribution in [-0.2, 0) is 0 Å². The molecular formula is C10H14N2. The largest absolute Gasteiger partial charge is 0.302 e. The average Bonchev–Trinajstić information content (AvgIpc) is 2.15. The van der Waals surface area contributed by atoms with Crippen LogP contribution in [0.1, 0.15) is 25.7 Å². The maximum absolute atomic E-state index is 8.82. The summed E-state index contributed by atoms with van der Waals surface area (Å²) < 4.78 is 0. The first kappa shape index (κ1) is 9.10. The van der Waals surface area contributed by atoms with Gasteiger partial charge in [0.05, 0.1) is 18.5 Å². The first-order valence-electron chi connectivity index (χ1n) is 4.45. The van der Waals surface area contributed by atoms with Crippen molar-refractivity contribution in [3.63, 3.8) is 0 Å². The highest BCUT2D eigenvalue weighted by atomic mass is 14.9. The molecule has 0 aliphatic heterocycles. The Kier molecular flexibility index (Phi) is 3.64. The number of hydrogen-bond acceptors (Lipinski definition) is 2. The number of terminal acetylenes is 1. The van der Waals surface area contributed by atoms with E-state index in [0.717, 1.165) is 12.8 Å². The molecule has 2 heteroatoms. The molecule has 1 aliphatic rings. The smallest absolute Gasteiger partial charge is 0.0672 e. The Morgan fingerprint density at radius 1 is 1.42 bits per heavy atom. The molecule has 2 atom stereocenters. The van der Waals surface area contributed by atoms with Crippen molar-refractivity contribution >= 4 is 0 Å². The predicted molar refractivity (Wildman–Crippen MR) is 48.2 cm³/mol. The first-order chi connectivity index (χ1) is 5.88. The van der Waals surface area contributed by atoms with Gasteiger partial charge in [-0.2, -0.15) is 5.26 Å². The topological polar surface area (TPSA) is 35.8 Å². The SMILES string of the molecule is C#CCNC1CCCCC1C#N. The van der Waals surface area contributed by atoms with Crippen LogP contribution >= 0.6 is 0 Å². The van der Waals surface area contributed by atoms with Crippen LogP contribution in [0.3, 0.4) is 0 Å². The minimum Gasteiger partial charge on any atom is -0.302 e. The van der Waals surface area contributed by atoms with Gasteiger partial charge in [0, 0.05) is 6.04 Å². The highest BCUT2D eigenvalue weighted by Crippen LogP contribution is 2.23. The van der Waals surface area contributed by atoms with Gasteiger partial charge in [0.1, 0.15) is 0 Å². The molecule has 0 radical (unpaired) electrons. The van der Waals surface area contributed by atoms with Crippen LogP contribution < -0.4 is 5.32 Å². The molecule has 1 saturated carbocycles. The number of nitriles is 1. The normalized spacial score (nSPS) is 28.8. The molecule has 0 aromatic heterocycles. The predicted octanol–water partition coefficient (Wildman–Crippen LogP) is 1.29. The Morgan fingerprint density at radius 2 is 2.17 bits per heavy atom. The molecule has 12 heavy (non-hydrogen) atoms. The van der Waals surface area contributed by atoms with Crippen molar-refractivity contribution in [2.75, 3.05) is 6.54 Å². The Morgan fingerprint density at radius 3 is 2.83 bits per heavy atom. The summed E-state index contributed by atoms with van der Waals surface area (Å²) in [5.74, 6) is 2.71. The zero-order valence-electron chi connectivity index (χ0n) is 7.21. The molecule has 1 N–H and O–H groups in total. The molecular weight excluding hydrogens is 148 g/mol. The number of rotatable bonds is 2. The van der Waals surface area contributed by atoms with Crippen molar-refractivity contribution in [3.05, 3.63) is 0 Å². The molecule has 1 aliphatic carbocycles. The second-order valence-corrected chi connectivity index (χ2v) is 3.21. The van der Waals surface area contributed by atoms with E-state index < -0.39 is 0 Å². The van der Waals surface area contributed by atoms with Crippen LogP contribution in [0.2, 0.25) is 0 Å². The summed E-state index contributed by atoms with van der Waals surface area (Å²) in [6, 6.07) is 2.66. The van der Waals surface area contributed by atoms with Crippen LogP contribution in [0.4, 0.5) is 0 Å². The van der Waals surface area contributed by atoms with Gasteiger partial charge < -0.3 is 5.32 Å². The van der Waals surface area contributed by atoms with Crippen molar-refractivity contribution in [1.82, 2.24) is 5.32 Å². The van der Waals surface area contributed by atoms with E-state index in [1.165, 1.54) is 12.8 Å². The fraction of sp³-hybridized carbons (Fsp3) is 0.700. The summed E-state index contributed by atoms with van der Waals surface area (Å²) in [5.41, 5.74) is 0. The van der Waals surface area contributed by atoms with Crippen molar-refractivity contribution in [2.24, 2.45) is 5.92 Å². The van der Waals surface area contributed by atoms with Gasteiger partial charge in [0.2, 0.25) is 0 Å². The molecule has 0 spiro atoms. The molecule has 0 aromatic carbocycles. The summed E-state index contributed by atoms with van der Waals surface area (Å²) in [5, 5.41) is 12.0. The molecule has 0 saturated heterocycles. The Balaban J connectivity index is 2.38. The van der Waals surface area contributed by atoms with Gasteiger partial charge in [-0.3, -0.25) is 0 Å². The van der Waals surface area contributed by atoms with E-state index in [1.54, 1.807) is 0 Å². The standard InChI is InChI=1S/C10H14N2/c1-2-7-12-10-6-4-3-5-9(10)8-11/h1,9-10,12H,3-7H2. The lowest BCUT2D eigenvalue weighted by Gasteiger charge is -2.26. The van der Waals surface area contributed by atoms with E-state index >= 15 is 0 Å². The summed E-state index contributed by atoms with van der Waals surface area (Å²) >= 11 is 0. The molecule has 2 nitrogen and oxygen atoms in total. The van der Waals surface area contributed by atoms with Crippen molar-refractivity contribution in [1.29, 1.82) is 5.26 Å². The van der Waals surface area contributed by atoms with E-state index in [4.69, 9.17) is 11.7 Å². The second kappa shape index (κ2) is 4.80. The molecule has 2 unspecified atom stereocenters. The van der Waals surface area contributed by atoms with Gasteiger partial charge in [-0.15, -0.1) is 6.42 Å². The summed E-state index contributed by atoms with van der Waals surface area (Å²) in [7, 11) is 0. The molecule has 0 amide bonds. The van der Waals surface area contributed by atoms with E-state index in [1.807, 2.05) is 0 Å². The lowest BCUT2D eigenvalue weighted by Crippen LogP contribution is -2.38. The highest BCUT2D eigenvalue weighted by molar-refractivity contribution is 4.97. The van der Waals surface area contributed by atoms with Gasteiger partial charge in [0.15, 0.2) is 0 Å². The maximum atomic E-state index is 8.82. The number of hydrogen-bond donors (Lipinski definition) is 1. The van der Waals surface area contributed by atoms with Crippen LogP contribution in [0.25, 0.3) is 0 Å². The van der Waals surface area contributed by atoms with E-state index in [-0.39, 0.29) is 5.92 Å². The number of nitrogens with zero attached hydrogens (tertiary/aromatic N) is 1. The van der Waals surface area contributed by atoms with Gasteiger partial charge >= 0.3 is 0 Å². The monoisotopic (exact) mass is 162 g/mol. The van der Waals surface area contributed by atoms with Gasteiger partial charge in [0.25, 0.3) is 0 Å². The minimum atomic E-state index is 0.173. The second-order valence-electron chi connectivity index (χ2n) is 3.21. The third kappa shape index (κ3) is 2.26. The van der Waals surface area contributed by atoms with Gasteiger partial charge in [-0.25, -0.2) is 0 Å². The molecule has 0 bridgehead atoms. The molecule has 1 rings (SSSR count). The lowest BCUT2D eigenvalue weighted by atomic mass is 9.85. The Labute approximate surface area is 74.0 Å². The number of nitrogens with one attached hydrogen (secondary N) is 1. The fourth-order valence-corrected chi connectivity index (χ4v) is 1.72. The fourth-order valence-electron chi connectivity index (χ4n) is 1.72. The quantitative estimate of drug-likeness (QED) is 0.621. The van der Waals surface area contributed by atoms with E-state index in [2.05, 4.69) is 17.3 Å². The van der Waals surface area contributed by atoms with E-state index in [0.29, 0.717) is 12.6 Å². The lowest BCUT2D eigenvalue weighted by molar-refractivity contribution is 0.322. The Bertz CT molecular complexity index is 209.